The molecular formula is C24H27Cl2N7O. The Balaban J connectivity index is 1.50. The molecule has 0 spiro atoms. The lowest BCUT2D eigenvalue weighted by molar-refractivity contribution is -0.115. The average Bonchev–Trinajstić information content (AvgIpc) is 2.85. The number of piperazine rings is 1. The van der Waals surface area contributed by atoms with E-state index in [1.807, 2.05) is 24.1 Å². The maximum absolute atomic E-state index is 13.1. The molecule has 0 unspecified atom stereocenters. The van der Waals surface area contributed by atoms with Crippen LogP contribution in [0.15, 0.2) is 64.6 Å². The number of anilines is 3. The lowest BCUT2D eigenvalue weighted by Crippen LogP contribution is -2.51. The van der Waals surface area contributed by atoms with Gasteiger partial charge in [0.25, 0.3) is 5.91 Å². The molecule has 0 aliphatic carbocycles. The highest BCUT2D eigenvalue weighted by Gasteiger charge is 2.33. The van der Waals surface area contributed by atoms with E-state index < -0.39 is 0 Å². The quantitative estimate of drug-likeness (QED) is 0.382. The fraction of sp³-hybridized carbons (Fsp3) is 0.292. The Labute approximate surface area is 209 Å². The van der Waals surface area contributed by atoms with Crippen molar-refractivity contribution in [1.82, 2.24) is 10.2 Å². The molecule has 2 heterocycles. The summed E-state index contributed by atoms with van der Waals surface area (Å²) in [5.74, 6) is 0.479. The zero-order valence-corrected chi connectivity index (χ0v) is 20.7. The number of likely N-dealkylation sites (N-methyl/N-ethyl adjacent to an activating group) is 1. The van der Waals surface area contributed by atoms with Crippen molar-refractivity contribution in [2.75, 3.05) is 62.1 Å². The molecule has 8 nitrogen and oxygen atoms in total. The van der Waals surface area contributed by atoms with Gasteiger partial charge in [-0.2, -0.15) is 4.99 Å². The van der Waals surface area contributed by atoms with Crippen LogP contribution in [0.3, 0.4) is 0 Å². The molecular weight excluding hydrogens is 473 g/mol. The first-order chi connectivity index (χ1) is 16.4. The van der Waals surface area contributed by atoms with Crippen LogP contribution < -0.4 is 20.4 Å². The zero-order chi connectivity index (χ0) is 24.2. The number of halogens is 2. The lowest BCUT2D eigenvalue weighted by Gasteiger charge is -2.37. The maximum atomic E-state index is 13.1. The number of para-hydroxylation sites is 1. The zero-order valence-electron chi connectivity index (χ0n) is 19.2. The van der Waals surface area contributed by atoms with Crippen LogP contribution in [0.2, 0.25) is 10.0 Å². The Morgan fingerprint density at radius 2 is 1.74 bits per heavy atom. The first kappa shape index (κ1) is 24.1. The molecule has 0 aromatic heterocycles. The summed E-state index contributed by atoms with van der Waals surface area (Å²) in [6, 6.07) is 13.3. The van der Waals surface area contributed by atoms with Gasteiger partial charge in [-0.1, -0.05) is 35.8 Å². The number of hydrogen-bond donors (Lipinski definition) is 2. The number of carbonyl (C=O) groups is 1. The van der Waals surface area contributed by atoms with Crippen LogP contribution >= 0.6 is 23.2 Å². The molecule has 178 valence electrons. The average molecular weight is 500 g/mol. The molecule has 0 bridgehead atoms. The molecule has 2 aromatic carbocycles. The van der Waals surface area contributed by atoms with Gasteiger partial charge in [0, 0.05) is 51.6 Å². The maximum Gasteiger partial charge on any atom is 0.263 e. The molecule has 2 aromatic rings. The second-order valence-corrected chi connectivity index (χ2v) is 8.83. The monoisotopic (exact) mass is 499 g/mol. The molecule has 2 aliphatic heterocycles. The molecule has 1 amide bonds. The summed E-state index contributed by atoms with van der Waals surface area (Å²) in [7, 11) is 3.47. The predicted octanol–water partition coefficient (Wildman–Crippen LogP) is 3.69. The number of hydrogen-bond acceptors (Lipinski definition) is 4. The minimum atomic E-state index is -0.317. The number of amides is 1. The fourth-order valence-corrected chi connectivity index (χ4v) is 4.55. The molecule has 0 atom stereocenters. The number of carbonyl (C=O) groups excluding carboxylic acids is 1. The molecule has 0 saturated carbocycles. The molecule has 10 heteroatoms. The SMILES string of the molecule is C=C1C(=O)N(c2c(Cl)cccc2Cl)CN(C)/C1=N/C(=N\C)Nc1ccc(N2CCNCC2)cc1. The summed E-state index contributed by atoms with van der Waals surface area (Å²) in [5, 5.41) is 7.37. The lowest BCUT2D eigenvalue weighted by atomic mass is 10.1. The molecule has 34 heavy (non-hydrogen) atoms. The van der Waals surface area contributed by atoms with Gasteiger partial charge in [0.15, 0.2) is 0 Å². The second kappa shape index (κ2) is 10.5. The van der Waals surface area contributed by atoms with E-state index in [-0.39, 0.29) is 18.1 Å². The first-order valence-electron chi connectivity index (χ1n) is 10.9. The van der Waals surface area contributed by atoms with Crippen molar-refractivity contribution in [3.8, 4) is 0 Å². The van der Waals surface area contributed by atoms with E-state index in [0.29, 0.717) is 27.5 Å². The fourth-order valence-electron chi connectivity index (χ4n) is 3.95. The Hall–Kier alpha value is -3.07. The van der Waals surface area contributed by atoms with Gasteiger partial charge in [-0.15, -0.1) is 0 Å². The molecule has 2 aliphatic rings. The summed E-state index contributed by atoms with van der Waals surface area (Å²) in [6.07, 6.45) is 0. The van der Waals surface area contributed by atoms with Gasteiger partial charge in [0.2, 0.25) is 5.96 Å². The standard InChI is InChI=1S/C24H27Cl2N7O/c1-16-22(31(3)15-33(23(16)34)21-19(25)5-4-6-20(21)26)30-24(27-2)29-17-7-9-18(10-8-17)32-13-11-28-12-14-32/h4-10,28H,1,11-15H2,2-3H3,(H,27,29)/b30-22+. The summed E-state index contributed by atoms with van der Waals surface area (Å²) in [5.41, 5.74) is 2.71. The van der Waals surface area contributed by atoms with Crippen molar-refractivity contribution in [2.45, 2.75) is 0 Å². The molecule has 2 saturated heterocycles. The van der Waals surface area contributed by atoms with Gasteiger partial charge in [-0.05, 0) is 36.4 Å². The third-order valence-corrected chi connectivity index (χ3v) is 6.34. The Morgan fingerprint density at radius 3 is 2.35 bits per heavy atom. The van der Waals surface area contributed by atoms with Crippen molar-refractivity contribution in [3.63, 3.8) is 0 Å². The van der Waals surface area contributed by atoms with E-state index >= 15 is 0 Å². The van der Waals surface area contributed by atoms with Crippen molar-refractivity contribution < 1.29 is 4.79 Å². The molecule has 0 radical (unpaired) electrons. The highest BCUT2D eigenvalue weighted by atomic mass is 35.5. The van der Waals surface area contributed by atoms with Gasteiger partial charge in [0.05, 0.1) is 28.0 Å². The van der Waals surface area contributed by atoms with E-state index in [9.17, 15) is 4.79 Å². The van der Waals surface area contributed by atoms with Gasteiger partial charge in [0.1, 0.15) is 5.84 Å². The van der Waals surface area contributed by atoms with E-state index in [2.05, 4.69) is 44.2 Å². The van der Waals surface area contributed by atoms with Crippen LogP contribution in [0.4, 0.5) is 17.1 Å². The number of aliphatic imine (C=N–C) groups is 2. The second-order valence-electron chi connectivity index (χ2n) is 8.01. The van der Waals surface area contributed by atoms with E-state index in [1.54, 1.807) is 25.2 Å². The number of nitrogens with one attached hydrogen (secondary N) is 2. The number of amidine groups is 1. The van der Waals surface area contributed by atoms with Crippen LogP contribution in [-0.4, -0.2) is 69.5 Å². The molecule has 2 N–H and O–H groups in total. The smallest absolute Gasteiger partial charge is 0.263 e. The topological polar surface area (TPSA) is 75.6 Å². The van der Waals surface area contributed by atoms with Crippen molar-refractivity contribution >= 4 is 58.0 Å². The third kappa shape index (κ3) is 5.04. The largest absolute Gasteiger partial charge is 0.369 e. The van der Waals surface area contributed by atoms with E-state index in [4.69, 9.17) is 23.2 Å². The molecule has 2 fully saturated rings. The minimum absolute atomic E-state index is 0.219. The van der Waals surface area contributed by atoms with E-state index in [0.717, 1.165) is 31.9 Å². The minimum Gasteiger partial charge on any atom is -0.369 e. The normalized spacial score (nSPS) is 18.6. The van der Waals surface area contributed by atoms with Gasteiger partial charge < -0.3 is 20.4 Å². The van der Waals surface area contributed by atoms with Crippen LogP contribution in [0.5, 0.6) is 0 Å². The van der Waals surface area contributed by atoms with Gasteiger partial charge in [-0.3, -0.25) is 14.7 Å². The number of guanidine groups is 1. The van der Waals surface area contributed by atoms with Crippen LogP contribution in [0.25, 0.3) is 0 Å². The summed E-state index contributed by atoms with van der Waals surface area (Å²) < 4.78 is 0. The van der Waals surface area contributed by atoms with Gasteiger partial charge >= 0.3 is 0 Å². The van der Waals surface area contributed by atoms with Crippen LogP contribution in [-0.2, 0) is 4.79 Å². The Bertz CT molecular complexity index is 1120. The van der Waals surface area contributed by atoms with Crippen molar-refractivity contribution in [2.24, 2.45) is 9.98 Å². The van der Waals surface area contributed by atoms with E-state index in [1.165, 1.54) is 10.6 Å². The van der Waals surface area contributed by atoms with Crippen molar-refractivity contribution in [1.29, 1.82) is 0 Å². The summed E-state index contributed by atoms with van der Waals surface area (Å²) >= 11 is 12.7. The highest BCUT2D eigenvalue weighted by molar-refractivity contribution is 6.41. The first-order valence-corrected chi connectivity index (χ1v) is 11.7. The number of benzene rings is 2. The highest BCUT2D eigenvalue weighted by Crippen LogP contribution is 2.35. The predicted molar refractivity (Wildman–Crippen MR) is 142 cm³/mol. The third-order valence-electron chi connectivity index (χ3n) is 5.73. The van der Waals surface area contributed by atoms with Crippen LogP contribution in [0, 0.1) is 0 Å². The van der Waals surface area contributed by atoms with Crippen LogP contribution in [0.1, 0.15) is 0 Å². The Kier molecular flexibility index (Phi) is 7.41. The van der Waals surface area contributed by atoms with Crippen molar-refractivity contribution in [3.05, 3.63) is 64.7 Å². The Morgan fingerprint density at radius 1 is 1.09 bits per heavy atom. The summed E-state index contributed by atoms with van der Waals surface area (Å²) in [6.45, 7) is 8.14. The number of rotatable bonds is 3. The summed E-state index contributed by atoms with van der Waals surface area (Å²) in [4.78, 5) is 27.6. The number of nitrogens with zero attached hydrogens (tertiary/aromatic N) is 5. The molecule has 4 rings (SSSR count). The van der Waals surface area contributed by atoms with Gasteiger partial charge in [-0.25, -0.2) is 0 Å².